The summed E-state index contributed by atoms with van der Waals surface area (Å²) in [5, 5.41) is 0.859. The first kappa shape index (κ1) is 11.9. The first-order chi connectivity index (χ1) is 9.66. The summed E-state index contributed by atoms with van der Waals surface area (Å²) in [5.74, 6) is 0.987. The molecule has 3 aromatic heterocycles. The van der Waals surface area contributed by atoms with Gasteiger partial charge in [0.1, 0.15) is 11.3 Å². The van der Waals surface area contributed by atoms with Crippen LogP contribution >= 0.6 is 11.3 Å². The Hall–Kier alpha value is -1.88. The maximum atomic E-state index is 6.23. The summed E-state index contributed by atoms with van der Waals surface area (Å²) in [7, 11) is 0. The summed E-state index contributed by atoms with van der Waals surface area (Å²) in [4.78, 5) is 10.6. The molecule has 4 nitrogen and oxygen atoms in total. The van der Waals surface area contributed by atoms with Crippen LogP contribution in [0.3, 0.4) is 0 Å². The molecule has 20 heavy (non-hydrogen) atoms. The molecule has 0 saturated heterocycles. The van der Waals surface area contributed by atoms with Gasteiger partial charge >= 0.3 is 0 Å². The zero-order chi connectivity index (χ0) is 13.9. The number of rotatable bonds is 2. The van der Waals surface area contributed by atoms with Gasteiger partial charge in [-0.2, -0.15) is 0 Å². The van der Waals surface area contributed by atoms with Crippen molar-refractivity contribution in [2.24, 2.45) is 0 Å². The van der Waals surface area contributed by atoms with E-state index in [4.69, 9.17) is 10.7 Å². The number of nitrogens with two attached hydrogens (primary N) is 1. The van der Waals surface area contributed by atoms with Gasteiger partial charge in [0, 0.05) is 17.1 Å². The molecule has 0 aliphatic heterocycles. The Labute approximate surface area is 121 Å². The average molecular weight is 284 g/mol. The highest BCUT2D eigenvalue weighted by Gasteiger charge is 2.31. The largest absolute Gasteiger partial charge is 0.390 e. The van der Waals surface area contributed by atoms with E-state index in [2.05, 4.69) is 23.4 Å². The molecule has 0 unspecified atom stereocenters. The van der Waals surface area contributed by atoms with E-state index in [9.17, 15) is 0 Å². The highest BCUT2D eigenvalue weighted by Crippen LogP contribution is 2.44. The lowest BCUT2D eigenvalue weighted by atomic mass is 10.1. The van der Waals surface area contributed by atoms with Gasteiger partial charge in [0.25, 0.3) is 0 Å². The van der Waals surface area contributed by atoms with Crippen LogP contribution in [-0.4, -0.2) is 14.5 Å². The van der Waals surface area contributed by atoms with E-state index in [1.54, 1.807) is 11.3 Å². The summed E-state index contributed by atoms with van der Waals surface area (Å²) in [6.45, 7) is 4.24. The quantitative estimate of drug-likeness (QED) is 0.780. The van der Waals surface area contributed by atoms with E-state index in [1.807, 2.05) is 18.3 Å². The molecular weight excluding hydrogens is 268 g/mol. The molecular formula is C15H16N4S. The minimum Gasteiger partial charge on any atom is -0.390 e. The molecule has 0 spiro atoms. The van der Waals surface area contributed by atoms with Crippen LogP contribution in [0.4, 0.5) is 5.00 Å². The number of hydrogen-bond donors (Lipinski definition) is 1. The van der Waals surface area contributed by atoms with Crippen molar-refractivity contribution in [2.75, 3.05) is 5.73 Å². The monoisotopic (exact) mass is 284 g/mol. The zero-order valence-electron chi connectivity index (χ0n) is 11.6. The number of imidazole rings is 1. The SMILES string of the molecule is Cc1sc(N)c(-c2nc3cccnc3n2C2CC2)c1C. The number of nitrogens with zero attached hydrogens (tertiary/aromatic N) is 3. The zero-order valence-corrected chi connectivity index (χ0v) is 12.4. The lowest BCUT2D eigenvalue weighted by Crippen LogP contribution is -2.00. The topological polar surface area (TPSA) is 56.7 Å². The third-order valence-corrected chi connectivity index (χ3v) is 5.03. The van der Waals surface area contributed by atoms with Crippen LogP contribution in [0, 0.1) is 13.8 Å². The van der Waals surface area contributed by atoms with Crippen LogP contribution in [0.2, 0.25) is 0 Å². The second kappa shape index (κ2) is 4.06. The molecule has 0 bridgehead atoms. The molecule has 3 aromatic rings. The molecule has 1 fully saturated rings. The van der Waals surface area contributed by atoms with Crippen LogP contribution < -0.4 is 5.73 Å². The summed E-state index contributed by atoms with van der Waals surface area (Å²) >= 11 is 1.65. The Bertz CT molecular complexity index is 811. The number of aryl methyl sites for hydroxylation is 1. The van der Waals surface area contributed by atoms with Crippen LogP contribution in [0.5, 0.6) is 0 Å². The second-order valence-electron chi connectivity index (χ2n) is 5.41. The van der Waals surface area contributed by atoms with Crippen LogP contribution in [0.25, 0.3) is 22.6 Å². The van der Waals surface area contributed by atoms with Crippen LogP contribution in [0.1, 0.15) is 29.3 Å². The Morgan fingerprint density at radius 3 is 2.80 bits per heavy atom. The lowest BCUT2D eigenvalue weighted by Gasteiger charge is -2.07. The van der Waals surface area contributed by atoms with Crippen molar-refractivity contribution in [3.05, 3.63) is 28.8 Å². The number of nitrogen functional groups attached to an aromatic ring is 1. The molecule has 0 amide bonds. The Morgan fingerprint density at radius 1 is 1.35 bits per heavy atom. The van der Waals surface area contributed by atoms with Gasteiger partial charge in [-0.3, -0.25) is 0 Å². The smallest absolute Gasteiger partial charge is 0.160 e. The predicted molar refractivity (Wildman–Crippen MR) is 83.0 cm³/mol. The number of anilines is 1. The first-order valence-corrected chi connectivity index (χ1v) is 7.67. The standard InChI is InChI=1S/C15H16N4S/c1-8-9(2)20-13(16)12(8)15-18-11-4-3-7-17-14(11)19(15)10-5-6-10/h3-4,7,10H,5-6,16H2,1-2H3. The van der Waals surface area contributed by atoms with Crippen molar-refractivity contribution >= 4 is 27.5 Å². The average Bonchev–Trinajstić information content (AvgIpc) is 3.14. The van der Waals surface area contributed by atoms with E-state index >= 15 is 0 Å². The van der Waals surface area contributed by atoms with Gasteiger partial charge in [0.2, 0.25) is 0 Å². The third kappa shape index (κ3) is 1.59. The molecule has 5 heteroatoms. The van der Waals surface area contributed by atoms with Crippen molar-refractivity contribution < 1.29 is 0 Å². The Morgan fingerprint density at radius 2 is 2.15 bits per heavy atom. The van der Waals surface area contributed by atoms with Gasteiger partial charge < -0.3 is 10.3 Å². The van der Waals surface area contributed by atoms with Gasteiger partial charge in [-0.15, -0.1) is 11.3 Å². The molecule has 1 aliphatic rings. The molecule has 102 valence electrons. The number of aromatic nitrogens is 3. The molecule has 2 N–H and O–H groups in total. The number of thiophene rings is 1. The summed E-state index contributed by atoms with van der Waals surface area (Å²) in [6.07, 6.45) is 4.25. The molecule has 1 saturated carbocycles. The van der Waals surface area contributed by atoms with Gasteiger partial charge in [-0.05, 0) is 44.4 Å². The highest BCUT2D eigenvalue weighted by molar-refractivity contribution is 7.16. The summed E-state index contributed by atoms with van der Waals surface area (Å²) in [6, 6.07) is 4.49. The molecule has 0 atom stereocenters. The molecule has 0 radical (unpaired) electrons. The Kier molecular flexibility index (Phi) is 2.41. The normalized spacial score (nSPS) is 15.1. The summed E-state index contributed by atoms with van der Waals surface area (Å²) < 4.78 is 2.28. The molecule has 0 aromatic carbocycles. The molecule has 4 rings (SSSR count). The number of hydrogen-bond acceptors (Lipinski definition) is 4. The lowest BCUT2D eigenvalue weighted by molar-refractivity contribution is 0.766. The fourth-order valence-corrected chi connectivity index (χ4v) is 3.65. The first-order valence-electron chi connectivity index (χ1n) is 6.85. The second-order valence-corrected chi connectivity index (χ2v) is 6.66. The van der Waals surface area contributed by atoms with E-state index in [1.165, 1.54) is 23.3 Å². The van der Waals surface area contributed by atoms with E-state index in [0.717, 1.165) is 27.6 Å². The van der Waals surface area contributed by atoms with Crippen molar-refractivity contribution in [2.45, 2.75) is 32.7 Å². The maximum absolute atomic E-state index is 6.23. The van der Waals surface area contributed by atoms with Crippen LogP contribution in [0.15, 0.2) is 18.3 Å². The molecule has 3 heterocycles. The predicted octanol–water partition coefficient (Wildman–Crippen LogP) is 3.69. The minimum absolute atomic E-state index is 0.531. The molecule has 1 aliphatic carbocycles. The minimum atomic E-state index is 0.531. The number of pyridine rings is 1. The summed E-state index contributed by atoms with van der Waals surface area (Å²) in [5.41, 5.74) is 10.5. The maximum Gasteiger partial charge on any atom is 0.160 e. The van der Waals surface area contributed by atoms with Crippen LogP contribution in [-0.2, 0) is 0 Å². The van der Waals surface area contributed by atoms with Gasteiger partial charge in [0.15, 0.2) is 5.65 Å². The van der Waals surface area contributed by atoms with Crippen molar-refractivity contribution in [3.8, 4) is 11.4 Å². The van der Waals surface area contributed by atoms with Crippen molar-refractivity contribution in [3.63, 3.8) is 0 Å². The van der Waals surface area contributed by atoms with Crippen molar-refractivity contribution in [1.82, 2.24) is 14.5 Å². The van der Waals surface area contributed by atoms with Crippen molar-refractivity contribution in [1.29, 1.82) is 0 Å². The fourth-order valence-electron chi connectivity index (χ4n) is 2.72. The third-order valence-electron chi connectivity index (χ3n) is 4.00. The highest BCUT2D eigenvalue weighted by atomic mass is 32.1. The van der Waals surface area contributed by atoms with Gasteiger partial charge in [-0.1, -0.05) is 0 Å². The Balaban J connectivity index is 2.06. The fraction of sp³-hybridized carbons (Fsp3) is 0.333. The van der Waals surface area contributed by atoms with E-state index < -0.39 is 0 Å². The van der Waals surface area contributed by atoms with E-state index in [-0.39, 0.29) is 0 Å². The van der Waals surface area contributed by atoms with E-state index in [0.29, 0.717) is 6.04 Å². The van der Waals surface area contributed by atoms with Gasteiger partial charge in [-0.25, -0.2) is 9.97 Å². The number of fused-ring (bicyclic) bond motifs is 1. The van der Waals surface area contributed by atoms with Gasteiger partial charge in [0.05, 0.1) is 10.6 Å².